The van der Waals surface area contributed by atoms with Gasteiger partial charge in [0.05, 0.1) is 75.8 Å². The van der Waals surface area contributed by atoms with Crippen LogP contribution in [-0.4, -0.2) is 83.6 Å². The Labute approximate surface area is 488 Å². The maximum absolute atomic E-state index is 9.00. The number of carbonyl (C=O) groups is 1. The molecular weight excluding hydrogens is 1060 g/mol. The highest BCUT2D eigenvalue weighted by atomic mass is 16.5. The Kier molecular flexibility index (Phi) is 15.0. The lowest BCUT2D eigenvalue weighted by molar-refractivity contribution is -0.134. The van der Waals surface area contributed by atoms with Crippen LogP contribution < -0.4 is 28.4 Å². The van der Waals surface area contributed by atoms with E-state index in [4.69, 9.17) is 53.3 Å². The second-order valence-corrected chi connectivity index (χ2v) is 19.9. The Morgan fingerprint density at radius 3 is 0.729 bits per heavy atom. The summed E-state index contributed by atoms with van der Waals surface area (Å²) in [7, 11) is 9.83. The van der Waals surface area contributed by atoms with Crippen LogP contribution in [-0.2, 0) is 4.79 Å². The van der Waals surface area contributed by atoms with Crippen molar-refractivity contribution in [2.75, 3.05) is 42.7 Å². The predicted molar refractivity (Wildman–Crippen MR) is 342 cm³/mol. The number of hydrogen-bond acceptors (Lipinski definition) is 10. The van der Waals surface area contributed by atoms with Gasteiger partial charge < -0.3 is 48.5 Å². The second-order valence-electron chi connectivity index (χ2n) is 19.9. The molecule has 14 nitrogen and oxygen atoms in total. The van der Waals surface area contributed by atoms with Gasteiger partial charge in [0.2, 0.25) is 0 Å². The van der Waals surface area contributed by atoms with Crippen LogP contribution >= 0.6 is 0 Å². The van der Waals surface area contributed by atoms with Crippen molar-refractivity contribution in [1.82, 2.24) is 29.9 Å². The molecule has 15 rings (SSSR count). The van der Waals surface area contributed by atoms with Crippen molar-refractivity contribution in [2.45, 2.75) is 6.92 Å². The van der Waals surface area contributed by atoms with Gasteiger partial charge in [-0.1, -0.05) is 146 Å². The van der Waals surface area contributed by atoms with E-state index in [-0.39, 0.29) is 0 Å². The molecule has 0 aliphatic heterocycles. The molecule has 0 amide bonds. The normalized spacial score (nSPS) is 11.1. The van der Waals surface area contributed by atoms with Crippen molar-refractivity contribution in [3.63, 3.8) is 0 Å². The molecule has 0 aliphatic rings. The molecule has 3 heterocycles. The number of nitrogens with one attached hydrogen (secondary N) is 3. The summed E-state index contributed by atoms with van der Waals surface area (Å²) in [5.41, 5.74) is 8.96. The Bertz CT molecular complexity index is 4300. The van der Waals surface area contributed by atoms with E-state index in [1.807, 2.05) is 54.6 Å². The fraction of sp³-hybridized carbons (Fsp3) is 0.0986. The van der Waals surface area contributed by atoms with E-state index >= 15 is 0 Å². The predicted octanol–water partition coefficient (Wildman–Crippen LogP) is 16.8. The molecule has 0 radical (unpaired) electrons. The van der Waals surface area contributed by atoms with Crippen LogP contribution in [0.1, 0.15) is 6.92 Å². The smallest absolute Gasteiger partial charge is 0.300 e. The van der Waals surface area contributed by atoms with Crippen LogP contribution in [0.25, 0.3) is 132 Å². The molecule has 0 fully saturated rings. The summed E-state index contributed by atoms with van der Waals surface area (Å²) in [6.07, 6.45) is 0. The van der Waals surface area contributed by atoms with Crippen molar-refractivity contribution in [3.05, 3.63) is 200 Å². The second kappa shape index (κ2) is 23.4. The largest absolute Gasteiger partial charge is 0.493 e. The number of H-pyrrole nitrogens is 3. The highest BCUT2D eigenvalue weighted by Gasteiger charge is 2.19. The maximum atomic E-state index is 9.00. The summed E-state index contributed by atoms with van der Waals surface area (Å²) in [6, 6.07) is 68.1. The van der Waals surface area contributed by atoms with Gasteiger partial charge in [0.25, 0.3) is 5.97 Å². The molecule has 0 bridgehead atoms. The van der Waals surface area contributed by atoms with E-state index in [0.29, 0.717) is 34.5 Å². The fourth-order valence-electron chi connectivity index (χ4n) is 11.2. The van der Waals surface area contributed by atoms with Gasteiger partial charge in [0, 0.05) is 55.9 Å². The number of methoxy groups -OCH3 is 6. The number of hydrogen-bond donors (Lipinski definition) is 4. The van der Waals surface area contributed by atoms with Crippen molar-refractivity contribution in [2.24, 2.45) is 0 Å². The Hall–Kier alpha value is -11.1. The highest BCUT2D eigenvalue weighted by Crippen LogP contribution is 2.41. The number of carboxylic acids is 1. The molecule has 0 atom stereocenters. The zero-order valence-electron chi connectivity index (χ0n) is 47.7. The third kappa shape index (κ3) is 10.2. The summed E-state index contributed by atoms with van der Waals surface area (Å²) in [6.45, 7) is 1.08. The number of benzene rings is 12. The average molecular weight is 1120 g/mol. The molecule has 12 aromatic carbocycles. The van der Waals surface area contributed by atoms with Crippen molar-refractivity contribution < 1.29 is 38.3 Å². The summed E-state index contributed by atoms with van der Waals surface area (Å²) >= 11 is 0. The molecule has 0 aliphatic carbocycles. The molecule has 420 valence electrons. The van der Waals surface area contributed by atoms with Crippen LogP contribution in [0.3, 0.4) is 0 Å². The molecule has 85 heavy (non-hydrogen) atoms. The Balaban J connectivity index is 0.000000121. The van der Waals surface area contributed by atoms with E-state index < -0.39 is 5.97 Å². The van der Waals surface area contributed by atoms with Gasteiger partial charge >= 0.3 is 0 Å². The molecule has 3 aromatic heterocycles. The average Bonchev–Trinajstić information content (AvgIpc) is 2.56. The highest BCUT2D eigenvalue weighted by molar-refractivity contribution is 6.26. The van der Waals surface area contributed by atoms with Gasteiger partial charge in [0.15, 0.2) is 34.5 Å². The summed E-state index contributed by atoms with van der Waals surface area (Å²) in [4.78, 5) is 34.4. The van der Waals surface area contributed by atoms with E-state index in [1.165, 1.54) is 48.5 Å². The minimum absolute atomic E-state index is 0.685. The molecule has 0 unspecified atom stereocenters. The lowest BCUT2D eigenvalue weighted by Crippen LogP contribution is -1.91. The van der Waals surface area contributed by atoms with Crippen LogP contribution in [0, 0.1) is 0 Å². The van der Waals surface area contributed by atoms with Crippen molar-refractivity contribution in [3.8, 4) is 68.7 Å². The minimum Gasteiger partial charge on any atom is -0.493 e. The zero-order valence-corrected chi connectivity index (χ0v) is 47.7. The quantitative estimate of drug-likeness (QED) is 0.101. The topological polar surface area (TPSA) is 179 Å². The number of rotatable bonds is 9. The SMILES string of the molecule is CC(=O)O.COc1ccc(-c2nc3c4ccccc4c4ccccc4c3[nH]2)cc1OC.COc1ccc(-c2nc3c4ccccc4c4ccccc4c3[nH]2)cc1OC.COc1ccc(-c2nc3c4ccccc4c4ccccc4c3[nH]2)cc1OC. The molecular formula is C71H58N6O8. The monoisotopic (exact) mass is 1120 g/mol. The lowest BCUT2D eigenvalue weighted by Gasteiger charge is -2.08. The van der Waals surface area contributed by atoms with Crippen LogP contribution in [0.4, 0.5) is 0 Å². The van der Waals surface area contributed by atoms with E-state index in [0.717, 1.165) is 90.3 Å². The molecule has 15 aromatic rings. The molecule has 0 spiro atoms. The Morgan fingerprint density at radius 2 is 0.506 bits per heavy atom. The van der Waals surface area contributed by atoms with Gasteiger partial charge in [-0.2, -0.15) is 0 Å². The minimum atomic E-state index is -0.833. The number of imidazole rings is 3. The van der Waals surface area contributed by atoms with Crippen LogP contribution in [0.5, 0.6) is 34.5 Å². The summed E-state index contributed by atoms with van der Waals surface area (Å²) in [5.74, 6) is 5.77. The number of carboxylic acid groups (broad SMARTS) is 1. The van der Waals surface area contributed by atoms with Crippen molar-refractivity contribution in [1.29, 1.82) is 0 Å². The summed E-state index contributed by atoms with van der Waals surface area (Å²) < 4.78 is 32.4. The first kappa shape index (κ1) is 54.5. The van der Waals surface area contributed by atoms with Gasteiger partial charge in [-0.25, -0.2) is 15.0 Å². The number of fused-ring (bicyclic) bond motifs is 18. The fourth-order valence-corrected chi connectivity index (χ4v) is 11.2. The lowest BCUT2D eigenvalue weighted by atomic mass is 10.0. The molecule has 14 heteroatoms. The third-order valence-corrected chi connectivity index (χ3v) is 15.1. The van der Waals surface area contributed by atoms with E-state index in [9.17, 15) is 0 Å². The van der Waals surface area contributed by atoms with Gasteiger partial charge in [0.1, 0.15) is 17.5 Å². The first-order valence-corrected chi connectivity index (χ1v) is 27.4. The van der Waals surface area contributed by atoms with E-state index in [1.54, 1.807) is 42.7 Å². The number of ether oxygens (including phenoxy) is 6. The van der Waals surface area contributed by atoms with Crippen molar-refractivity contribution >= 4 is 104 Å². The first-order valence-electron chi connectivity index (χ1n) is 27.4. The zero-order chi connectivity index (χ0) is 58.7. The standard InChI is InChI=1S/3C23H18N2O2.C2H4O2/c3*1-26-19-12-11-14(13-20(19)27-2)23-24-21-17-9-5-3-7-15(17)16-8-4-6-10-18(16)22(21)25-23;1-2(3)4/h3*3-13H,1-2H3,(H,24,25);1H3,(H,3,4). The van der Waals surface area contributed by atoms with E-state index in [2.05, 4.69) is 161 Å². The van der Waals surface area contributed by atoms with Gasteiger partial charge in [-0.15, -0.1) is 0 Å². The van der Waals surface area contributed by atoms with Crippen LogP contribution in [0.2, 0.25) is 0 Å². The Morgan fingerprint density at radius 1 is 0.306 bits per heavy atom. The molecule has 0 saturated heterocycles. The maximum Gasteiger partial charge on any atom is 0.300 e. The molecule has 0 saturated carbocycles. The number of aromatic nitrogens is 6. The number of aliphatic carboxylic acids is 1. The number of aromatic amines is 3. The number of nitrogens with zero attached hydrogens (tertiary/aromatic N) is 3. The first-order chi connectivity index (χ1) is 41.6. The molecule has 4 N–H and O–H groups in total. The third-order valence-electron chi connectivity index (χ3n) is 15.1. The summed E-state index contributed by atoms with van der Waals surface area (Å²) in [5, 5.41) is 21.7. The van der Waals surface area contributed by atoms with Gasteiger partial charge in [-0.05, 0) is 86.9 Å². The van der Waals surface area contributed by atoms with Gasteiger partial charge in [-0.3, -0.25) is 4.79 Å². The van der Waals surface area contributed by atoms with Crippen LogP contribution in [0.15, 0.2) is 200 Å².